The lowest BCUT2D eigenvalue weighted by Gasteiger charge is -1.98. The van der Waals surface area contributed by atoms with E-state index in [9.17, 15) is 8.42 Å². The normalized spacial score (nSPS) is 12.1. The second-order valence-corrected chi connectivity index (χ2v) is 6.51. The summed E-state index contributed by atoms with van der Waals surface area (Å²) in [6.07, 6.45) is 0.461. The van der Waals surface area contributed by atoms with Crippen LogP contribution >= 0.6 is 11.3 Å². The maximum absolute atomic E-state index is 11.3. The monoisotopic (exact) mass is 256 g/mol. The molecular weight excluding hydrogens is 244 g/mol. The van der Waals surface area contributed by atoms with Crippen LogP contribution in [0.15, 0.2) is 24.3 Å². The van der Waals surface area contributed by atoms with E-state index in [1.165, 1.54) is 7.05 Å². The van der Waals surface area contributed by atoms with Gasteiger partial charge in [0.1, 0.15) is 0 Å². The Labute approximate surface area is 98.4 Å². The van der Waals surface area contributed by atoms with E-state index in [0.29, 0.717) is 6.42 Å². The largest absolute Gasteiger partial charge is 0.241 e. The fraction of sp³-hybridized carbons (Fsp3) is 0.300. The van der Waals surface area contributed by atoms with Crippen LogP contribution in [0, 0.1) is 0 Å². The van der Waals surface area contributed by atoms with Gasteiger partial charge in [0.15, 0.2) is 0 Å². The van der Waals surface area contributed by atoms with E-state index in [2.05, 4.69) is 9.71 Å². The van der Waals surface area contributed by atoms with E-state index >= 15 is 0 Å². The number of aromatic nitrogens is 1. The van der Waals surface area contributed by atoms with E-state index in [0.717, 1.165) is 15.2 Å². The number of fused-ring (bicyclic) bond motifs is 1. The molecule has 2 aromatic rings. The van der Waals surface area contributed by atoms with Gasteiger partial charge in [-0.3, -0.25) is 0 Å². The summed E-state index contributed by atoms with van der Waals surface area (Å²) in [5, 5.41) is 0.861. The Morgan fingerprint density at radius 3 is 2.81 bits per heavy atom. The molecule has 1 aromatic heterocycles. The molecule has 86 valence electrons. The molecule has 1 aromatic carbocycles. The van der Waals surface area contributed by atoms with Crippen LogP contribution in [0.1, 0.15) is 5.01 Å². The van der Waals surface area contributed by atoms with Crippen LogP contribution in [0.4, 0.5) is 0 Å². The van der Waals surface area contributed by atoms with Crippen LogP contribution in [-0.4, -0.2) is 26.2 Å². The Hall–Kier alpha value is -0.980. The molecule has 0 bridgehead atoms. The van der Waals surface area contributed by atoms with Gasteiger partial charge in [-0.2, -0.15) is 0 Å². The zero-order chi connectivity index (χ0) is 11.6. The van der Waals surface area contributed by atoms with Crippen LogP contribution in [0.3, 0.4) is 0 Å². The average Bonchev–Trinajstić information content (AvgIpc) is 2.69. The summed E-state index contributed by atoms with van der Waals surface area (Å²) in [7, 11) is -1.71. The Morgan fingerprint density at radius 1 is 1.38 bits per heavy atom. The molecule has 1 heterocycles. The lowest BCUT2D eigenvalue weighted by atomic mass is 10.3. The van der Waals surface area contributed by atoms with Crippen LogP contribution in [-0.2, 0) is 16.4 Å². The van der Waals surface area contributed by atoms with Gasteiger partial charge in [0.05, 0.1) is 21.0 Å². The molecule has 4 nitrogen and oxygen atoms in total. The molecule has 0 aliphatic rings. The molecule has 0 amide bonds. The van der Waals surface area contributed by atoms with Crippen LogP contribution in [0.25, 0.3) is 10.2 Å². The number of nitrogens with one attached hydrogen (secondary N) is 1. The molecule has 0 aliphatic heterocycles. The van der Waals surface area contributed by atoms with Crippen LogP contribution in [0.5, 0.6) is 0 Å². The first-order valence-electron chi connectivity index (χ1n) is 4.86. The molecule has 0 radical (unpaired) electrons. The van der Waals surface area contributed by atoms with E-state index < -0.39 is 10.0 Å². The summed E-state index contributed by atoms with van der Waals surface area (Å²) in [5.74, 6) is 0.0866. The van der Waals surface area contributed by atoms with Crippen molar-refractivity contribution in [3.05, 3.63) is 29.3 Å². The van der Waals surface area contributed by atoms with Gasteiger partial charge in [0, 0.05) is 6.42 Å². The first kappa shape index (κ1) is 11.5. The molecule has 1 N–H and O–H groups in total. The summed E-state index contributed by atoms with van der Waals surface area (Å²) < 4.78 is 25.9. The summed E-state index contributed by atoms with van der Waals surface area (Å²) in [6, 6.07) is 7.80. The molecule has 0 saturated carbocycles. The van der Waals surface area contributed by atoms with Crippen LogP contribution < -0.4 is 4.72 Å². The van der Waals surface area contributed by atoms with Gasteiger partial charge in [-0.15, -0.1) is 11.3 Å². The molecule has 0 fully saturated rings. The summed E-state index contributed by atoms with van der Waals surface area (Å²) in [4.78, 5) is 4.38. The standard InChI is InChI=1S/C10H12N2O2S2/c1-11-16(13,14)7-6-10-12-8-4-2-3-5-9(8)15-10/h2-5,11H,6-7H2,1H3. The Kier molecular flexibility index (Phi) is 3.22. The summed E-state index contributed by atoms with van der Waals surface area (Å²) >= 11 is 1.55. The highest BCUT2D eigenvalue weighted by Gasteiger charge is 2.09. The topological polar surface area (TPSA) is 59.1 Å². The molecule has 16 heavy (non-hydrogen) atoms. The third-order valence-corrected chi connectivity index (χ3v) is 4.69. The Morgan fingerprint density at radius 2 is 2.12 bits per heavy atom. The zero-order valence-corrected chi connectivity index (χ0v) is 10.4. The number of rotatable bonds is 4. The number of benzene rings is 1. The highest BCUT2D eigenvalue weighted by atomic mass is 32.2. The number of para-hydroxylation sites is 1. The zero-order valence-electron chi connectivity index (χ0n) is 8.80. The van der Waals surface area contributed by atoms with Crippen molar-refractivity contribution in [2.75, 3.05) is 12.8 Å². The maximum Gasteiger partial charge on any atom is 0.211 e. The lowest BCUT2D eigenvalue weighted by Crippen LogP contribution is -2.23. The minimum Gasteiger partial charge on any atom is -0.241 e. The predicted molar refractivity (Wildman–Crippen MR) is 66.2 cm³/mol. The molecule has 2 rings (SSSR count). The Balaban J connectivity index is 2.16. The Bertz CT molecular complexity index is 557. The van der Waals surface area contributed by atoms with Gasteiger partial charge in [-0.25, -0.2) is 18.1 Å². The molecule has 0 aliphatic carbocycles. The van der Waals surface area contributed by atoms with Crippen molar-refractivity contribution in [2.45, 2.75) is 6.42 Å². The number of nitrogens with zero attached hydrogens (tertiary/aromatic N) is 1. The predicted octanol–water partition coefficient (Wildman–Crippen LogP) is 1.39. The number of sulfonamides is 1. The highest BCUT2D eigenvalue weighted by Crippen LogP contribution is 2.21. The van der Waals surface area contributed by atoms with Crippen molar-refractivity contribution in [1.82, 2.24) is 9.71 Å². The summed E-state index contributed by atoms with van der Waals surface area (Å²) in [5.41, 5.74) is 0.935. The van der Waals surface area contributed by atoms with Crippen molar-refractivity contribution in [1.29, 1.82) is 0 Å². The number of hydrogen-bond donors (Lipinski definition) is 1. The van der Waals surface area contributed by atoms with Gasteiger partial charge in [-0.05, 0) is 19.2 Å². The fourth-order valence-electron chi connectivity index (χ4n) is 1.35. The maximum atomic E-state index is 11.3. The van der Waals surface area contributed by atoms with Crippen molar-refractivity contribution < 1.29 is 8.42 Å². The second kappa shape index (κ2) is 4.48. The van der Waals surface area contributed by atoms with E-state index in [-0.39, 0.29) is 5.75 Å². The average molecular weight is 256 g/mol. The third-order valence-electron chi connectivity index (χ3n) is 2.23. The van der Waals surface area contributed by atoms with E-state index in [1.54, 1.807) is 11.3 Å². The fourth-order valence-corrected chi connectivity index (χ4v) is 3.11. The molecule has 0 atom stereocenters. The van der Waals surface area contributed by atoms with Gasteiger partial charge >= 0.3 is 0 Å². The van der Waals surface area contributed by atoms with E-state index in [1.807, 2.05) is 24.3 Å². The molecule has 0 saturated heterocycles. The van der Waals surface area contributed by atoms with Crippen molar-refractivity contribution in [3.8, 4) is 0 Å². The van der Waals surface area contributed by atoms with E-state index in [4.69, 9.17) is 0 Å². The molecular formula is C10H12N2O2S2. The van der Waals surface area contributed by atoms with Gasteiger partial charge in [-0.1, -0.05) is 12.1 Å². The first-order valence-corrected chi connectivity index (χ1v) is 7.33. The third kappa shape index (κ3) is 2.58. The quantitative estimate of drug-likeness (QED) is 0.899. The summed E-state index contributed by atoms with van der Waals surface area (Å²) in [6.45, 7) is 0. The molecule has 0 unspecified atom stereocenters. The number of thiazole rings is 1. The second-order valence-electron chi connectivity index (χ2n) is 3.35. The van der Waals surface area contributed by atoms with Crippen molar-refractivity contribution in [2.24, 2.45) is 0 Å². The minimum absolute atomic E-state index is 0.0866. The number of hydrogen-bond acceptors (Lipinski definition) is 4. The highest BCUT2D eigenvalue weighted by molar-refractivity contribution is 7.89. The smallest absolute Gasteiger partial charge is 0.211 e. The lowest BCUT2D eigenvalue weighted by molar-refractivity contribution is 0.587. The first-order chi connectivity index (χ1) is 7.61. The van der Waals surface area contributed by atoms with Gasteiger partial charge in [0.2, 0.25) is 10.0 Å². The molecule has 0 spiro atoms. The van der Waals surface area contributed by atoms with Crippen LogP contribution in [0.2, 0.25) is 0 Å². The van der Waals surface area contributed by atoms with Gasteiger partial charge in [0.25, 0.3) is 0 Å². The molecule has 6 heteroatoms. The number of aryl methyl sites for hydroxylation is 1. The SMILES string of the molecule is CNS(=O)(=O)CCc1nc2ccccc2s1. The van der Waals surface area contributed by atoms with Crippen molar-refractivity contribution in [3.63, 3.8) is 0 Å². The minimum atomic E-state index is -3.14. The van der Waals surface area contributed by atoms with Crippen molar-refractivity contribution >= 4 is 31.6 Å². The van der Waals surface area contributed by atoms with Gasteiger partial charge < -0.3 is 0 Å².